The molecule has 2 heterocycles. The first-order valence-electron chi connectivity index (χ1n) is 7.12. The highest BCUT2D eigenvalue weighted by Gasteiger charge is 2.18. The molecule has 0 aliphatic carbocycles. The van der Waals surface area contributed by atoms with Crippen LogP contribution in [0.15, 0.2) is 47.3 Å². The van der Waals surface area contributed by atoms with Crippen molar-refractivity contribution in [2.45, 2.75) is 12.6 Å². The lowest BCUT2D eigenvalue weighted by Crippen LogP contribution is -2.27. The Bertz CT molecular complexity index is 938. The molecule has 0 spiro atoms. The van der Waals surface area contributed by atoms with E-state index in [9.17, 15) is 9.90 Å². The third-order valence-corrected chi connectivity index (χ3v) is 3.76. The summed E-state index contributed by atoms with van der Waals surface area (Å²) < 4.78 is 11.7. The summed E-state index contributed by atoms with van der Waals surface area (Å²) in [5, 5.41) is 18.7. The number of hydrogen-bond acceptors (Lipinski definition) is 6. The minimum absolute atomic E-state index is 0.0102. The number of benzene rings is 2. The second-order valence-corrected chi connectivity index (χ2v) is 5.22. The fraction of sp³-hybridized carbons (Fsp3) is 0.188. The molecule has 1 N–H and O–H groups in total. The maximum atomic E-state index is 12.4. The molecule has 1 unspecified atom stereocenters. The predicted molar refractivity (Wildman–Crippen MR) is 81.3 cm³/mol. The molecule has 0 bridgehead atoms. The van der Waals surface area contributed by atoms with Crippen LogP contribution in [0.3, 0.4) is 0 Å². The smallest absolute Gasteiger partial charge is 0.277 e. The normalized spacial score (nSPS) is 14.1. The van der Waals surface area contributed by atoms with Crippen LogP contribution in [0, 0.1) is 0 Å². The van der Waals surface area contributed by atoms with Crippen molar-refractivity contribution in [3.05, 3.63) is 58.4 Å². The van der Waals surface area contributed by atoms with Crippen LogP contribution in [-0.4, -0.2) is 26.9 Å². The molecule has 116 valence electrons. The molecule has 1 atom stereocenters. The van der Waals surface area contributed by atoms with E-state index in [0.29, 0.717) is 28.0 Å². The quantitative estimate of drug-likeness (QED) is 0.783. The summed E-state index contributed by atoms with van der Waals surface area (Å²) in [6.45, 7) is 0.181. The van der Waals surface area contributed by atoms with Crippen LogP contribution in [0.4, 0.5) is 0 Å². The third-order valence-electron chi connectivity index (χ3n) is 3.76. The highest BCUT2D eigenvalue weighted by Crippen LogP contribution is 2.34. The van der Waals surface area contributed by atoms with Gasteiger partial charge in [-0.3, -0.25) is 4.79 Å². The van der Waals surface area contributed by atoms with Gasteiger partial charge in [-0.05, 0) is 29.8 Å². The Morgan fingerprint density at radius 2 is 2.00 bits per heavy atom. The predicted octanol–water partition coefficient (Wildman–Crippen LogP) is 1.25. The summed E-state index contributed by atoms with van der Waals surface area (Å²) in [7, 11) is 0. The molecule has 23 heavy (non-hydrogen) atoms. The number of aliphatic hydroxyl groups excluding tert-OH is 1. The van der Waals surface area contributed by atoms with Gasteiger partial charge in [0.05, 0.1) is 18.0 Å². The van der Waals surface area contributed by atoms with Crippen molar-refractivity contribution in [1.82, 2.24) is 15.0 Å². The van der Waals surface area contributed by atoms with Gasteiger partial charge in [0.15, 0.2) is 11.5 Å². The van der Waals surface area contributed by atoms with Gasteiger partial charge in [0, 0.05) is 0 Å². The Balaban J connectivity index is 1.65. The molecule has 7 nitrogen and oxygen atoms in total. The molecule has 0 saturated carbocycles. The molecule has 3 aromatic rings. The second-order valence-electron chi connectivity index (χ2n) is 5.22. The zero-order chi connectivity index (χ0) is 15.8. The van der Waals surface area contributed by atoms with Gasteiger partial charge in [0.2, 0.25) is 6.79 Å². The summed E-state index contributed by atoms with van der Waals surface area (Å²) in [6.07, 6.45) is -0.905. The van der Waals surface area contributed by atoms with Crippen molar-refractivity contribution in [2.75, 3.05) is 6.79 Å². The number of hydrogen-bond donors (Lipinski definition) is 1. The van der Waals surface area contributed by atoms with Crippen LogP contribution >= 0.6 is 0 Å². The zero-order valence-corrected chi connectivity index (χ0v) is 12.0. The molecular weight excluding hydrogens is 298 g/mol. The minimum Gasteiger partial charge on any atom is -0.454 e. The maximum absolute atomic E-state index is 12.4. The first kappa shape index (κ1) is 13.7. The molecule has 0 amide bonds. The number of nitrogens with zero attached hydrogens (tertiary/aromatic N) is 3. The van der Waals surface area contributed by atoms with Crippen molar-refractivity contribution >= 4 is 10.9 Å². The first-order chi connectivity index (χ1) is 11.2. The molecule has 0 fully saturated rings. The summed E-state index contributed by atoms with van der Waals surface area (Å²) in [6, 6.07) is 12.1. The van der Waals surface area contributed by atoms with Gasteiger partial charge in [-0.1, -0.05) is 23.4 Å². The SMILES string of the molecule is O=c1c2ccccc2nnn1CC(O)c1ccc2c(c1)OCO2. The van der Waals surface area contributed by atoms with Crippen LogP contribution in [0.1, 0.15) is 11.7 Å². The van der Waals surface area contributed by atoms with E-state index in [0.717, 1.165) is 4.68 Å². The van der Waals surface area contributed by atoms with E-state index in [1.54, 1.807) is 42.5 Å². The summed E-state index contributed by atoms with van der Waals surface area (Å²) >= 11 is 0. The first-order valence-corrected chi connectivity index (χ1v) is 7.12. The lowest BCUT2D eigenvalue weighted by Gasteiger charge is -2.12. The second kappa shape index (κ2) is 5.36. The maximum Gasteiger partial charge on any atom is 0.277 e. The average Bonchev–Trinajstić information content (AvgIpc) is 3.05. The van der Waals surface area contributed by atoms with Crippen molar-refractivity contribution in [3.8, 4) is 11.5 Å². The fourth-order valence-corrected chi connectivity index (χ4v) is 2.53. The zero-order valence-electron chi connectivity index (χ0n) is 12.0. The summed E-state index contributed by atoms with van der Waals surface area (Å²) in [5.74, 6) is 1.22. The summed E-state index contributed by atoms with van der Waals surface area (Å²) in [5.41, 5.74) is 0.873. The van der Waals surface area contributed by atoms with Crippen LogP contribution < -0.4 is 15.0 Å². The van der Waals surface area contributed by atoms with E-state index < -0.39 is 6.10 Å². The van der Waals surface area contributed by atoms with Crippen LogP contribution in [-0.2, 0) is 6.54 Å². The van der Waals surface area contributed by atoms with E-state index in [1.165, 1.54) is 0 Å². The van der Waals surface area contributed by atoms with Crippen LogP contribution in [0.5, 0.6) is 11.5 Å². The Morgan fingerprint density at radius 1 is 1.17 bits per heavy atom. The Hall–Kier alpha value is -2.93. The molecule has 1 aromatic heterocycles. The number of ether oxygens (including phenoxy) is 2. The molecular formula is C16H13N3O4. The molecule has 4 rings (SSSR count). The summed E-state index contributed by atoms with van der Waals surface area (Å²) in [4.78, 5) is 12.4. The topological polar surface area (TPSA) is 86.5 Å². The Morgan fingerprint density at radius 3 is 2.91 bits per heavy atom. The van der Waals surface area contributed by atoms with E-state index in [-0.39, 0.29) is 18.9 Å². The third kappa shape index (κ3) is 2.40. The monoisotopic (exact) mass is 311 g/mol. The van der Waals surface area contributed by atoms with E-state index >= 15 is 0 Å². The lowest BCUT2D eigenvalue weighted by molar-refractivity contribution is 0.147. The van der Waals surface area contributed by atoms with Crippen LogP contribution in [0.2, 0.25) is 0 Å². The van der Waals surface area contributed by atoms with Gasteiger partial charge in [-0.25, -0.2) is 4.68 Å². The Labute approximate surface area is 130 Å². The molecule has 0 radical (unpaired) electrons. The van der Waals surface area contributed by atoms with Gasteiger partial charge >= 0.3 is 0 Å². The van der Waals surface area contributed by atoms with Gasteiger partial charge < -0.3 is 14.6 Å². The lowest BCUT2D eigenvalue weighted by atomic mass is 10.1. The minimum atomic E-state index is -0.905. The standard InChI is InChI=1S/C16H13N3O4/c20-13(10-5-6-14-15(7-10)23-9-22-14)8-19-16(21)11-3-1-2-4-12(11)17-18-19/h1-7,13,20H,8-9H2. The van der Waals surface area contributed by atoms with E-state index in [2.05, 4.69) is 10.3 Å². The molecule has 1 aliphatic heterocycles. The van der Waals surface area contributed by atoms with E-state index in [4.69, 9.17) is 9.47 Å². The van der Waals surface area contributed by atoms with Gasteiger partial charge in [-0.2, -0.15) is 0 Å². The highest BCUT2D eigenvalue weighted by atomic mass is 16.7. The average molecular weight is 311 g/mol. The van der Waals surface area contributed by atoms with Crippen molar-refractivity contribution < 1.29 is 14.6 Å². The number of aromatic nitrogens is 3. The number of rotatable bonds is 3. The number of aliphatic hydroxyl groups is 1. The largest absolute Gasteiger partial charge is 0.454 e. The Kier molecular flexibility index (Phi) is 3.20. The van der Waals surface area contributed by atoms with Gasteiger partial charge in [-0.15, -0.1) is 5.10 Å². The van der Waals surface area contributed by atoms with E-state index in [1.807, 2.05) is 0 Å². The van der Waals surface area contributed by atoms with Crippen molar-refractivity contribution in [1.29, 1.82) is 0 Å². The number of fused-ring (bicyclic) bond motifs is 2. The molecule has 2 aromatic carbocycles. The van der Waals surface area contributed by atoms with Crippen molar-refractivity contribution in [2.24, 2.45) is 0 Å². The van der Waals surface area contributed by atoms with Gasteiger partial charge in [0.25, 0.3) is 5.56 Å². The molecule has 1 aliphatic rings. The molecule has 7 heteroatoms. The molecule has 0 saturated heterocycles. The van der Waals surface area contributed by atoms with Crippen LogP contribution in [0.25, 0.3) is 10.9 Å². The van der Waals surface area contributed by atoms with Crippen molar-refractivity contribution in [3.63, 3.8) is 0 Å². The highest BCUT2D eigenvalue weighted by molar-refractivity contribution is 5.76. The fourth-order valence-electron chi connectivity index (χ4n) is 2.53. The van der Waals surface area contributed by atoms with Gasteiger partial charge in [0.1, 0.15) is 5.52 Å².